The van der Waals surface area contributed by atoms with Gasteiger partial charge in [-0.25, -0.2) is 0 Å². The van der Waals surface area contributed by atoms with Crippen molar-refractivity contribution in [3.05, 3.63) is 0 Å². The van der Waals surface area contributed by atoms with Gasteiger partial charge in [0.1, 0.15) is 0 Å². The first-order valence-electron chi connectivity index (χ1n) is 7.84. The van der Waals surface area contributed by atoms with Gasteiger partial charge in [-0.1, -0.05) is 40.5 Å². The molecule has 1 unspecified atom stereocenters. The molecule has 0 bridgehead atoms. The summed E-state index contributed by atoms with van der Waals surface area (Å²) < 4.78 is 5.24. The van der Waals surface area contributed by atoms with Crippen LogP contribution in [-0.4, -0.2) is 36.1 Å². The van der Waals surface area contributed by atoms with Crippen LogP contribution >= 0.6 is 0 Å². The Morgan fingerprint density at radius 1 is 1.11 bits per heavy atom. The van der Waals surface area contributed by atoms with Gasteiger partial charge in [0.05, 0.1) is 13.0 Å². The zero-order chi connectivity index (χ0) is 14.5. The number of hydrogen-bond acceptors (Lipinski definition) is 3. The lowest BCUT2D eigenvalue weighted by molar-refractivity contribution is -0.152. The number of rotatable bonds is 6. The molecular formula is C16H31NO2. The molecule has 0 saturated heterocycles. The van der Waals surface area contributed by atoms with E-state index in [0.29, 0.717) is 13.0 Å². The molecule has 0 spiro atoms. The Morgan fingerprint density at radius 2 is 1.68 bits per heavy atom. The summed E-state index contributed by atoms with van der Waals surface area (Å²) in [4.78, 5) is 14.6. The van der Waals surface area contributed by atoms with Crippen LogP contribution in [0.3, 0.4) is 0 Å². The van der Waals surface area contributed by atoms with Gasteiger partial charge >= 0.3 is 5.97 Å². The number of carbonyl (C=O) groups excluding carboxylic acids is 1. The Balaban J connectivity index is 3.04. The van der Waals surface area contributed by atoms with Gasteiger partial charge in [-0.15, -0.1) is 0 Å². The van der Waals surface area contributed by atoms with E-state index < -0.39 is 0 Å². The fourth-order valence-electron chi connectivity index (χ4n) is 3.86. The maximum absolute atomic E-state index is 12.1. The average Bonchev–Trinajstić information content (AvgIpc) is 2.34. The largest absolute Gasteiger partial charge is 0.466 e. The minimum atomic E-state index is -0.0376. The maximum Gasteiger partial charge on any atom is 0.307 e. The van der Waals surface area contributed by atoms with Crippen LogP contribution in [0.5, 0.6) is 0 Å². The number of esters is 1. The van der Waals surface area contributed by atoms with Gasteiger partial charge in [-0.3, -0.25) is 9.69 Å². The number of hydrogen-bond donors (Lipinski definition) is 0. The van der Waals surface area contributed by atoms with Crippen molar-refractivity contribution >= 4 is 5.97 Å². The van der Waals surface area contributed by atoms with E-state index in [1.54, 1.807) is 0 Å². The summed E-state index contributed by atoms with van der Waals surface area (Å²) in [5, 5.41) is 0. The molecule has 1 rings (SSSR count). The second kappa shape index (κ2) is 6.74. The highest BCUT2D eigenvalue weighted by atomic mass is 16.5. The average molecular weight is 269 g/mol. The third-order valence-electron chi connectivity index (χ3n) is 5.01. The van der Waals surface area contributed by atoms with Crippen molar-refractivity contribution in [2.24, 2.45) is 5.41 Å². The van der Waals surface area contributed by atoms with Crippen molar-refractivity contribution in [1.29, 1.82) is 0 Å². The number of ether oxygens (including phenoxy) is 1. The molecule has 0 aromatic rings. The highest BCUT2D eigenvalue weighted by Gasteiger charge is 2.50. The predicted molar refractivity (Wildman–Crippen MR) is 79.2 cm³/mol. The highest BCUT2D eigenvalue weighted by molar-refractivity contribution is 5.71. The van der Waals surface area contributed by atoms with E-state index >= 15 is 0 Å². The molecule has 1 aliphatic carbocycles. The van der Waals surface area contributed by atoms with Crippen LogP contribution in [0.2, 0.25) is 0 Å². The van der Waals surface area contributed by atoms with Gasteiger partial charge in [0.2, 0.25) is 0 Å². The predicted octanol–water partition coefficient (Wildman–Crippen LogP) is 3.62. The van der Waals surface area contributed by atoms with Gasteiger partial charge in [0, 0.05) is 5.54 Å². The van der Waals surface area contributed by atoms with Crippen LogP contribution in [0.15, 0.2) is 0 Å². The molecule has 0 aromatic carbocycles. The van der Waals surface area contributed by atoms with Crippen molar-refractivity contribution in [1.82, 2.24) is 4.90 Å². The quantitative estimate of drug-likeness (QED) is 0.690. The minimum absolute atomic E-state index is 0.0268. The minimum Gasteiger partial charge on any atom is -0.466 e. The van der Waals surface area contributed by atoms with E-state index in [2.05, 4.69) is 32.6 Å². The lowest BCUT2D eigenvalue weighted by Gasteiger charge is -2.55. The van der Waals surface area contributed by atoms with E-state index in [0.717, 1.165) is 19.5 Å². The summed E-state index contributed by atoms with van der Waals surface area (Å²) >= 11 is 0. The molecule has 0 amide bonds. The topological polar surface area (TPSA) is 29.5 Å². The van der Waals surface area contributed by atoms with Gasteiger partial charge in [-0.05, 0) is 38.3 Å². The molecule has 1 saturated carbocycles. The zero-order valence-corrected chi connectivity index (χ0v) is 13.4. The van der Waals surface area contributed by atoms with Gasteiger partial charge < -0.3 is 4.74 Å². The first kappa shape index (κ1) is 16.5. The van der Waals surface area contributed by atoms with E-state index in [9.17, 15) is 4.79 Å². The van der Waals surface area contributed by atoms with E-state index in [-0.39, 0.29) is 16.9 Å². The molecular weight excluding hydrogens is 238 g/mol. The molecule has 112 valence electrons. The summed E-state index contributed by atoms with van der Waals surface area (Å²) in [6.45, 7) is 13.4. The van der Waals surface area contributed by atoms with Crippen molar-refractivity contribution in [3.8, 4) is 0 Å². The summed E-state index contributed by atoms with van der Waals surface area (Å²) in [6.07, 6.45) is 5.34. The Labute approximate surface area is 118 Å². The molecule has 0 radical (unpaired) electrons. The molecule has 19 heavy (non-hydrogen) atoms. The smallest absolute Gasteiger partial charge is 0.307 e. The summed E-state index contributed by atoms with van der Waals surface area (Å²) in [7, 11) is 0. The van der Waals surface area contributed by atoms with E-state index in [4.69, 9.17) is 4.74 Å². The molecule has 3 nitrogen and oxygen atoms in total. The van der Waals surface area contributed by atoms with Gasteiger partial charge in [-0.2, -0.15) is 0 Å². The highest BCUT2D eigenvalue weighted by Crippen LogP contribution is 2.49. The second-order valence-corrected chi connectivity index (χ2v) is 6.28. The van der Waals surface area contributed by atoms with Gasteiger partial charge in [0.15, 0.2) is 0 Å². The molecule has 1 aliphatic rings. The van der Waals surface area contributed by atoms with Crippen LogP contribution in [0, 0.1) is 5.41 Å². The van der Waals surface area contributed by atoms with Crippen LogP contribution in [0.4, 0.5) is 0 Å². The fourth-order valence-corrected chi connectivity index (χ4v) is 3.86. The summed E-state index contributed by atoms with van der Waals surface area (Å²) in [5.74, 6) is -0.0376. The van der Waals surface area contributed by atoms with Crippen molar-refractivity contribution in [2.75, 3.05) is 19.7 Å². The van der Waals surface area contributed by atoms with Crippen LogP contribution in [-0.2, 0) is 9.53 Å². The second-order valence-electron chi connectivity index (χ2n) is 6.28. The van der Waals surface area contributed by atoms with Crippen molar-refractivity contribution in [2.45, 2.75) is 72.3 Å². The molecule has 3 heteroatoms. The first-order valence-corrected chi connectivity index (χ1v) is 7.84. The molecule has 0 aliphatic heterocycles. The third-order valence-corrected chi connectivity index (χ3v) is 5.01. The summed E-state index contributed by atoms with van der Waals surface area (Å²) in [5.41, 5.74) is 0.144. The fraction of sp³-hybridized carbons (Fsp3) is 0.938. The number of nitrogens with zero attached hydrogens (tertiary/aromatic N) is 1. The van der Waals surface area contributed by atoms with Crippen molar-refractivity contribution in [3.63, 3.8) is 0 Å². The lowest BCUT2D eigenvalue weighted by Crippen LogP contribution is -2.60. The molecule has 0 heterocycles. The zero-order valence-electron chi connectivity index (χ0n) is 13.4. The standard InChI is InChI=1S/C16H31NO2/c1-6-17(7-2)16(13-14(18)19-8-3)12-10-9-11-15(16,4)5/h6-13H2,1-5H3. The van der Waals surface area contributed by atoms with Crippen LogP contribution in [0.1, 0.15) is 66.7 Å². The monoisotopic (exact) mass is 269 g/mol. The Kier molecular flexibility index (Phi) is 5.84. The van der Waals surface area contributed by atoms with E-state index in [1.165, 1.54) is 19.3 Å². The normalized spacial score (nSPS) is 26.4. The number of carbonyl (C=O) groups is 1. The Morgan fingerprint density at radius 3 is 2.16 bits per heavy atom. The van der Waals surface area contributed by atoms with E-state index in [1.807, 2.05) is 6.92 Å². The lowest BCUT2D eigenvalue weighted by atomic mass is 9.60. The molecule has 0 aromatic heterocycles. The Bertz CT molecular complexity index is 297. The third kappa shape index (κ3) is 3.31. The SMILES string of the molecule is CCOC(=O)CC1(N(CC)CC)CCCCC1(C)C. The molecule has 0 N–H and O–H groups in total. The first-order chi connectivity index (χ1) is 8.93. The maximum atomic E-state index is 12.1. The molecule has 1 atom stereocenters. The van der Waals surface area contributed by atoms with Crippen LogP contribution in [0.25, 0.3) is 0 Å². The van der Waals surface area contributed by atoms with Gasteiger partial charge in [0.25, 0.3) is 0 Å². The summed E-state index contributed by atoms with van der Waals surface area (Å²) in [6, 6.07) is 0. The Hall–Kier alpha value is -0.570. The molecule has 1 fully saturated rings. The van der Waals surface area contributed by atoms with Crippen LogP contribution < -0.4 is 0 Å². The van der Waals surface area contributed by atoms with Crippen molar-refractivity contribution < 1.29 is 9.53 Å².